The molecular formula is C20H23NO. The molecule has 0 aromatic heterocycles. The van der Waals surface area contributed by atoms with Gasteiger partial charge in [0.25, 0.3) is 5.91 Å². The maximum atomic E-state index is 12.4. The lowest BCUT2D eigenvalue weighted by molar-refractivity contribution is 0.0944. The summed E-state index contributed by atoms with van der Waals surface area (Å²) in [4.78, 5) is 12.4. The van der Waals surface area contributed by atoms with Crippen LogP contribution in [0, 0.1) is 0 Å². The Morgan fingerprint density at radius 3 is 2.32 bits per heavy atom. The second-order valence-electron chi connectivity index (χ2n) is 5.30. The van der Waals surface area contributed by atoms with Gasteiger partial charge in [-0.05, 0) is 24.1 Å². The van der Waals surface area contributed by atoms with Gasteiger partial charge in [0.15, 0.2) is 0 Å². The number of unbranched alkanes of at least 4 members (excludes halogenated alkanes) is 2. The maximum Gasteiger partial charge on any atom is 0.252 e. The molecule has 2 rings (SSSR count). The molecule has 0 aliphatic rings. The molecule has 1 atom stereocenters. The van der Waals surface area contributed by atoms with Crippen molar-refractivity contribution in [2.45, 2.75) is 32.2 Å². The molecule has 1 N–H and O–H groups in total. The molecule has 0 fully saturated rings. The van der Waals surface area contributed by atoms with Crippen molar-refractivity contribution in [2.75, 3.05) is 0 Å². The summed E-state index contributed by atoms with van der Waals surface area (Å²) in [6, 6.07) is 19.3. The molecule has 0 aliphatic carbocycles. The van der Waals surface area contributed by atoms with Gasteiger partial charge in [-0.3, -0.25) is 4.79 Å². The lowest BCUT2D eigenvalue weighted by Gasteiger charge is -2.16. The number of carbonyl (C=O) groups is 1. The number of benzene rings is 2. The summed E-state index contributed by atoms with van der Waals surface area (Å²) in [5, 5.41) is 3.10. The van der Waals surface area contributed by atoms with Crippen molar-refractivity contribution in [1.29, 1.82) is 0 Å². The smallest absolute Gasteiger partial charge is 0.252 e. The van der Waals surface area contributed by atoms with E-state index in [1.54, 1.807) is 0 Å². The van der Waals surface area contributed by atoms with Gasteiger partial charge in [0, 0.05) is 5.56 Å². The Labute approximate surface area is 132 Å². The van der Waals surface area contributed by atoms with Crippen LogP contribution in [0.25, 0.3) is 0 Å². The topological polar surface area (TPSA) is 29.1 Å². The van der Waals surface area contributed by atoms with Crippen LogP contribution < -0.4 is 5.32 Å². The summed E-state index contributed by atoms with van der Waals surface area (Å²) in [5.74, 6) is -0.0467. The molecule has 0 saturated heterocycles. The Morgan fingerprint density at radius 2 is 1.68 bits per heavy atom. The van der Waals surface area contributed by atoms with Crippen LogP contribution in [0.3, 0.4) is 0 Å². The van der Waals surface area contributed by atoms with Crippen molar-refractivity contribution in [3.05, 3.63) is 83.9 Å². The summed E-state index contributed by atoms with van der Waals surface area (Å²) in [6.07, 6.45) is 7.64. The van der Waals surface area contributed by atoms with Gasteiger partial charge in [0.2, 0.25) is 0 Å². The van der Waals surface area contributed by atoms with E-state index in [-0.39, 0.29) is 11.9 Å². The molecule has 0 heterocycles. The first-order valence-electron chi connectivity index (χ1n) is 7.88. The largest absolute Gasteiger partial charge is 0.342 e. The zero-order chi connectivity index (χ0) is 15.6. The highest BCUT2D eigenvalue weighted by molar-refractivity contribution is 5.94. The number of hydrogen-bond donors (Lipinski definition) is 1. The van der Waals surface area contributed by atoms with E-state index in [4.69, 9.17) is 0 Å². The first kappa shape index (κ1) is 16.0. The quantitative estimate of drug-likeness (QED) is 0.570. The number of hydrogen-bond acceptors (Lipinski definition) is 1. The van der Waals surface area contributed by atoms with Crippen molar-refractivity contribution >= 4 is 5.91 Å². The second-order valence-corrected chi connectivity index (χ2v) is 5.30. The van der Waals surface area contributed by atoms with Crippen molar-refractivity contribution in [3.8, 4) is 0 Å². The molecule has 2 aromatic carbocycles. The average Bonchev–Trinajstić information content (AvgIpc) is 2.59. The fourth-order valence-electron chi connectivity index (χ4n) is 2.27. The van der Waals surface area contributed by atoms with Crippen LogP contribution >= 0.6 is 0 Å². The molecule has 0 aliphatic heterocycles. The minimum Gasteiger partial charge on any atom is -0.342 e. The van der Waals surface area contributed by atoms with E-state index in [1.165, 1.54) is 12.8 Å². The molecule has 0 unspecified atom stereocenters. The van der Waals surface area contributed by atoms with Crippen LogP contribution in [0.15, 0.2) is 72.8 Å². The summed E-state index contributed by atoms with van der Waals surface area (Å²) in [7, 11) is 0. The fourth-order valence-corrected chi connectivity index (χ4v) is 2.27. The third-order valence-electron chi connectivity index (χ3n) is 3.53. The number of rotatable bonds is 7. The first-order chi connectivity index (χ1) is 10.8. The van der Waals surface area contributed by atoms with Gasteiger partial charge >= 0.3 is 0 Å². The minimum atomic E-state index is -0.0919. The molecule has 114 valence electrons. The molecule has 0 radical (unpaired) electrons. The summed E-state index contributed by atoms with van der Waals surface area (Å²) >= 11 is 0. The van der Waals surface area contributed by atoms with Gasteiger partial charge < -0.3 is 5.32 Å². The molecule has 0 spiro atoms. The number of carbonyl (C=O) groups excluding carboxylic acids is 1. The van der Waals surface area contributed by atoms with Crippen LogP contribution in [0.1, 0.15) is 48.1 Å². The highest BCUT2D eigenvalue weighted by Crippen LogP contribution is 2.16. The van der Waals surface area contributed by atoms with Crippen molar-refractivity contribution in [3.63, 3.8) is 0 Å². The van der Waals surface area contributed by atoms with Crippen LogP contribution in [0.5, 0.6) is 0 Å². The van der Waals surface area contributed by atoms with Crippen LogP contribution in [0.2, 0.25) is 0 Å². The van der Waals surface area contributed by atoms with Gasteiger partial charge in [-0.15, -0.1) is 0 Å². The molecular weight excluding hydrogens is 270 g/mol. The molecule has 2 aromatic rings. The van der Waals surface area contributed by atoms with E-state index in [1.807, 2.05) is 60.7 Å². The number of allylic oxidation sites excluding steroid dienone is 1. The van der Waals surface area contributed by atoms with Gasteiger partial charge in [0.1, 0.15) is 0 Å². The molecule has 1 amide bonds. The van der Waals surface area contributed by atoms with Gasteiger partial charge in [0.05, 0.1) is 6.04 Å². The van der Waals surface area contributed by atoms with E-state index < -0.39 is 0 Å². The van der Waals surface area contributed by atoms with E-state index >= 15 is 0 Å². The minimum absolute atomic E-state index is 0.0467. The van der Waals surface area contributed by atoms with E-state index in [0.717, 1.165) is 12.0 Å². The van der Waals surface area contributed by atoms with Crippen molar-refractivity contribution in [1.82, 2.24) is 5.32 Å². The number of nitrogens with one attached hydrogen (secondary N) is 1. The molecule has 0 saturated carbocycles. The van der Waals surface area contributed by atoms with E-state index in [2.05, 4.69) is 24.4 Å². The summed E-state index contributed by atoms with van der Waals surface area (Å²) in [6.45, 7) is 2.18. The van der Waals surface area contributed by atoms with Crippen LogP contribution in [-0.2, 0) is 0 Å². The maximum absolute atomic E-state index is 12.4. The van der Waals surface area contributed by atoms with E-state index in [0.29, 0.717) is 5.56 Å². The molecule has 0 bridgehead atoms. The third kappa shape index (κ3) is 4.88. The standard InChI is InChI=1S/C20H23NO/c1-2-3-4-11-16-19(17-12-7-5-8-13-17)21-20(22)18-14-9-6-10-15-18/h5-16,19H,2-4H2,1H3,(H,21,22)/t19-/m1/s1. The van der Waals surface area contributed by atoms with Gasteiger partial charge in [-0.2, -0.15) is 0 Å². The summed E-state index contributed by atoms with van der Waals surface area (Å²) < 4.78 is 0. The molecule has 2 nitrogen and oxygen atoms in total. The zero-order valence-corrected chi connectivity index (χ0v) is 13.0. The Balaban J connectivity index is 2.11. The lowest BCUT2D eigenvalue weighted by atomic mass is 10.0. The Morgan fingerprint density at radius 1 is 1.05 bits per heavy atom. The van der Waals surface area contributed by atoms with E-state index in [9.17, 15) is 4.79 Å². The third-order valence-corrected chi connectivity index (χ3v) is 3.53. The fraction of sp³-hybridized carbons (Fsp3) is 0.250. The van der Waals surface area contributed by atoms with Crippen LogP contribution in [0.4, 0.5) is 0 Å². The average molecular weight is 293 g/mol. The Bertz CT molecular complexity index is 590. The monoisotopic (exact) mass is 293 g/mol. The lowest BCUT2D eigenvalue weighted by Crippen LogP contribution is -2.27. The second kappa shape index (κ2) is 8.83. The Kier molecular flexibility index (Phi) is 6.43. The molecule has 22 heavy (non-hydrogen) atoms. The highest BCUT2D eigenvalue weighted by atomic mass is 16.1. The first-order valence-corrected chi connectivity index (χ1v) is 7.88. The number of amides is 1. The van der Waals surface area contributed by atoms with Crippen molar-refractivity contribution in [2.24, 2.45) is 0 Å². The predicted octanol–water partition coefficient (Wildman–Crippen LogP) is 4.90. The van der Waals surface area contributed by atoms with Crippen molar-refractivity contribution < 1.29 is 4.79 Å². The SMILES string of the molecule is CCCCC=C[C@@H](NC(=O)c1ccccc1)c1ccccc1. The Hall–Kier alpha value is -2.35. The normalized spacial score (nSPS) is 12.2. The van der Waals surface area contributed by atoms with Gasteiger partial charge in [-0.25, -0.2) is 0 Å². The summed E-state index contributed by atoms with van der Waals surface area (Å²) in [5.41, 5.74) is 1.78. The van der Waals surface area contributed by atoms with Crippen LogP contribution in [-0.4, -0.2) is 5.91 Å². The highest BCUT2D eigenvalue weighted by Gasteiger charge is 2.12. The predicted molar refractivity (Wildman–Crippen MR) is 91.8 cm³/mol. The van der Waals surface area contributed by atoms with Gasteiger partial charge in [-0.1, -0.05) is 80.4 Å². The zero-order valence-electron chi connectivity index (χ0n) is 13.0. The molecule has 2 heteroatoms.